The van der Waals surface area contributed by atoms with E-state index in [-0.39, 0.29) is 18.9 Å². The minimum Gasteiger partial charge on any atom is -0.353 e. The number of hydrogen-bond donors (Lipinski definition) is 1. The molecule has 112 valence electrons. The van der Waals surface area contributed by atoms with Crippen molar-refractivity contribution in [1.82, 2.24) is 9.62 Å². The highest BCUT2D eigenvalue weighted by atomic mass is 32.2. The van der Waals surface area contributed by atoms with Gasteiger partial charge in [-0.15, -0.1) is 0 Å². The van der Waals surface area contributed by atoms with Crippen LogP contribution in [0.4, 0.5) is 0 Å². The first-order chi connectivity index (χ1) is 8.93. The number of sulfonamides is 1. The molecule has 0 aromatic rings. The lowest BCUT2D eigenvalue weighted by molar-refractivity contribution is -0.122. The van der Waals surface area contributed by atoms with E-state index in [9.17, 15) is 13.2 Å². The van der Waals surface area contributed by atoms with E-state index < -0.39 is 10.0 Å². The number of amides is 1. The Morgan fingerprint density at radius 1 is 1.21 bits per heavy atom. The Morgan fingerprint density at radius 3 is 2.37 bits per heavy atom. The number of rotatable bonds is 7. The lowest BCUT2D eigenvalue weighted by atomic mass is 9.95. The van der Waals surface area contributed by atoms with E-state index in [2.05, 4.69) is 5.32 Å². The zero-order valence-electron chi connectivity index (χ0n) is 12.0. The summed E-state index contributed by atoms with van der Waals surface area (Å²) in [6, 6.07) is 0.291. The quantitative estimate of drug-likeness (QED) is 0.772. The summed E-state index contributed by atoms with van der Waals surface area (Å²) in [7, 11) is -3.20. The first-order valence-corrected chi connectivity index (χ1v) is 9.02. The first kappa shape index (κ1) is 16.4. The van der Waals surface area contributed by atoms with Gasteiger partial charge in [0.15, 0.2) is 0 Å². The monoisotopic (exact) mass is 290 g/mol. The second-order valence-corrected chi connectivity index (χ2v) is 7.30. The average molecular weight is 290 g/mol. The Kier molecular flexibility index (Phi) is 6.79. The summed E-state index contributed by atoms with van der Waals surface area (Å²) in [6.07, 6.45) is 7.92. The topological polar surface area (TPSA) is 66.5 Å². The average Bonchev–Trinajstić information content (AvgIpc) is 2.34. The highest BCUT2D eigenvalue weighted by molar-refractivity contribution is 7.88. The smallest absolute Gasteiger partial charge is 0.221 e. The van der Waals surface area contributed by atoms with Gasteiger partial charge in [0.2, 0.25) is 15.9 Å². The maximum absolute atomic E-state index is 11.8. The van der Waals surface area contributed by atoms with Gasteiger partial charge in [0.25, 0.3) is 0 Å². The molecule has 1 N–H and O–H groups in total. The third kappa shape index (κ3) is 6.38. The summed E-state index contributed by atoms with van der Waals surface area (Å²) in [5, 5.41) is 3.01. The Hall–Kier alpha value is -0.620. The molecule has 0 aromatic carbocycles. The molecule has 1 saturated carbocycles. The molecule has 0 saturated heterocycles. The Bertz CT molecular complexity index is 375. The fourth-order valence-corrected chi connectivity index (χ4v) is 3.40. The molecule has 0 radical (unpaired) electrons. The first-order valence-electron chi connectivity index (χ1n) is 7.18. The maximum Gasteiger partial charge on any atom is 0.221 e. The van der Waals surface area contributed by atoms with Gasteiger partial charge in [0.1, 0.15) is 0 Å². The highest BCUT2D eigenvalue weighted by Gasteiger charge is 2.19. The molecule has 0 atom stereocenters. The summed E-state index contributed by atoms with van der Waals surface area (Å²) in [4.78, 5) is 11.8. The number of carbonyl (C=O) groups excluding carboxylic acids is 1. The summed E-state index contributed by atoms with van der Waals surface area (Å²) >= 11 is 0. The number of carbonyl (C=O) groups is 1. The van der Waals surface area contributed by atoms with Crippen LogP contribution in [0.25, 0.3) is 0 Å². The minimum atomic E-state index is -3.20. The van der Waals surface area contributed by atoms with Crippen LogP contribution in [0.2, 0.25) is 0 Å². The molecule has 19 heavy (non-hydrogen) atoms. The highest BCUT2D eigenvalue weighted by Crippen LogP contribution is 2.17. The van der Waals surface area contributed by atoms with Gasteiger partial charge in [-0.3, -0.25) is 4.79 Å². The molecule has 0 aliphatic heterocycles. The summed E-state index contributed by atoms with van der Waals surface area (Å²) in [5.41, 5.74) is 0. The maximum atomic E-state index is 11.8. The van der Waals surface area contributed by atoms with E-state index in [1.54, 1.807) is 0 Å². The van der Waals surface area contributed by atoms with Gasteiger partial charge in [0.05, 0.1) is 6.26 Å². The van der Waals surface area contributed by atoms with Crippen molar-refractivity contribution in [3.8, 4) is 0 Å². The van der Waals surface area contributed by atoms with Crippen molar-refractivity contribution in [3.63, 3.8) is 0 Å². The summed E-state index contributed by atoms with van der Waals surface area (Å²) < 4.78 is 24.4. The lowest BCUT2D eigenvalue weighted by Gasteiger charge is -2.24. The Morgan fingerprint density at radius 2 is 1.84 bits per heavy atom. The van der Waals surface area contributed by atoms with Gasteiger partial charge in [-0.2, -0.15) is 0 Å². The Labute approximate surface area is 116 Å². The zero-order valence-corrected chi connectivity index (χ0v) is 12.8. The number of nitrogens with zero attached hydrogens (tertiary/aromatic N) is 1. The van der Waals surface area contributed by atoms with Crippen molar-refractivity contribution < 1.29 is 13.2 Å². The number of nitrogens with one attached hydrogen (secondary N) is 1. The van der Waals surface area contributed by atoms with Crippen LogP contribution < -0.4 is 5.32 Å². The van der Waals surface area contributed by atoms with E-state index in [1.165, 1.54) is 29.8 Å². The van der Waals surface area contributed by atoms with Crippen LogP contribution in [0.1, 0.15) is 51.9 Å². The molecule has 0 aromatic heterocycles. The van der Waals surface area contributed by atoms with Crippen LogP contribution in [-0.2, 0) is 14.8 Å². The largest absolute Gasteiger partial charge is 0.353 e. The van der Waals surface area contributed by atoms with E-state index in [0.29, 0.717) is 12.6 Å². The predicted molar refractivity (Wildman–Crippen MR) is 76.3 cm³/mol. The van der Waals surface area contributed by atoms with Crippen molar-refractivity contribution in [2.45, 2.75) is 57.9 Å². The fraction of sp³-hybridized carbons (Fsp3) is 0.923. The van der Waals surface area contributed by atoms with Crippen molar-refractivity contribution in [3.05, 3.63) is 0 Å². The lowest BCUT2D eigenvalue weighted by Crippen LogP contribution is -2.39. The van der Waals surface area contributed by atoms with E-state index >= 15 is 0 Å². The van der Waals surface area contributed by atoms with Gasteiger partial charge in [-0.1, -0.05) is 26.2 Å². The van der Waals surface area contributed by atoms with Crippen molar-refractivity contribution in [2.75, 3.05) is 19.3 Å². The van der Waals surface area contributed by atoms with Gasteiger partial charge >= 0.3 is 0 Å². The van der Waals surface area contributed by atoms with Gasteiger partial charge < -0.3 is 5.32 Å². The van der Waals surface area contributed by atoms with Crippen molar-refractivity contribution in [1.29, 1.82) is 0 Å². The van der Waals surface area contributed by atoms with Crippen LogP contribution in [0.3, 0.4) is 0 Å². The third-order valence-electron chi connectivity index (χ3n) is 3.50. The van der Waals surface area contributed by atoms with Crippen molar-refractivity contribution >= 4 is 15.9 Å². The zero-order chi connectivity index (χ0) is 14.3. The molecule has 0 spiro atoms. The molecule has 0 bridgehead atoms. The van der Waals surface area contributed by atoms with Gasteiger partial charge in [-0.05, 0) is 19.3 Å². The van der Waals surface area contributed by atoms with Gasteiger partial charge in [0, 0.05) is 25.6 Å². The molecular formula is C13H26N2O3S. The predicted octanol–water partition coefficient (Wildman–Crippen LogP) is 1.50. The minimum absolute atomic E-state index is 0.0309. The molecule has 6 heteroatoms. The molecule has 1 fully saturated rings. The second kappa shape index (κ2) is 7.85. The second-order valence-electron chi connectivity index (χ2n) is 5.31. The Balaban J connectivity index is 2.34. The van der Waals surface area contributed by atoms with E-state index in [4.69, 9.17) is 0 Å². The molecule has 1 aliphatic carbocycles. The van der Waals surface area contributed by atoms with Crippen LogP contribution in [0.15, 0.2) is 0 Å². The molecule has 0 heterocycles. The third-order valence-corrected chi connectivity index (χ3v) is 4.80. The van der Waals surface area contributed by atoms with Crippen LogP contribution in [0.5, 0.6) is 0 Å². The number of hydrogen-bond acceptors (Lipinski definition) is 3. The fourth-order valence-electron chi connectivity index (χ4n) is 2.47. The van der Waals surface area contributed by atoms with Crippen molar-refractivity contribution in [2.24, 2.45) is 0 Å². The van der Waals surface area contributed by atoms with E-state index in [0.717, 1.165) is 19.3 Å². The molecule has 1 aliphatic rings. The molecular weight excluding hydrogens is 264 g/mol. The molecule has 0 unspecified atom stereocenters. The van der Waals surface area contributed by atoms with Gasteiger partial charge in [-0.25, -0.2) is 12.7 Å². The van der Waals surface area contributed by atoms with Crippen LogP contribution in [0, 0.1) is 0 Å². The molecule has 1 amide bonds. The molecule has 5 nitrogen and oxygen atoms in total. The summed E-state index contributed by atoms with van der Waals surface area (Å²) in [6.45, 7) is 2.70. The van der Waals surface area contributed by atoms with Crippen LogP contribution >= 0.6 is 0 Å². The SMILES string of the molecule is CCCN(CCC(=O)NC1CCCCC1)S(C)(=O)=O. The summed E-state index contributed by atoms with van der Waals surface area (Å²) in [5.74, 6) is -0.0309. The van der Waals surface area contributed by atoms with Crippen LogP contribution in [-0.4, -0.2) is 44.0 Å². The molecule has 1 rings (SSSR count). The standard InChI is InChI=1S/C13H26N2O3S/c1-3-10-15(19(2,17)18)11-9-13(16)14-12-7-5-4-6-8-12/h12H,3-11H2,1-2H3,(H,14,16). The normalized spacial score (nSPS) is 17.6. The van der Waals surface area contributed by atoms with E-state index in [1.807, 2.05) is 6.92 Å².